The quantitative estimate of drug-likeness (QED) is 0.909. The molecule has 1 aromatic rings. The van der Waals surface area contributed by atoms with Gasteiger partial charge in [-0.2, -0.15) is 0 Å². The Hall–Kier alpha value is -1.72. The number of hydrogen-bond acceptors (Lipinski definition) is 4. The zero-order valence-electron chi connectivity index (χ0n) is 13.3. The van der Waals surface area contributed by atoms with E-state index in [1.165, 1.54) is 0 Å². The normalized spacial score (nSPS) is 21.5. The van der Waals surface area contributed by atoms with E-state index in [0.717, 1.165) is 54.3 Å². The Kier molecular flexibility index (Phi) is 4.85. The van der Waals surface area contributed by atoms with Gasteiger partial charge in [0.2, 0.25) is 0 Å². The second kappa shape index (κ2) is 7.03. The summed E-state index contributed by atoms with van der Waals surface area (Å²) in [5, 5.41) is 3.38. The third-order valence-corrected chi connectivity index (χ3v) is 3.69. The van der Waals surface area contributed by atoms with Crippen molar-refractivity contribution in [3.05, 3.63) is 34.9 Å². The lowest BCUT2D eigenvalue weighted by Gasteiger charge is -2.13. The number of benzene rings is 1. The lowest BCUT2D eigenvalue weighted by Crippen LogP contribution is -2.23. The number of aliphatic imine (C=N–C) groups is 2. The average Bonchev–Trinajstić information content (AvgIpc) is 3.19. The minimum Gasteiger partial charge on any atom is -0.346 e. The summed E-state index contributed by atoms with van der Waals surface area (Å²) in [6, 6.07) is 6.18. The van der Waals surface area contributed by atoms with Gasteiger partial charge in [0.15, 0.2) is 6.29 Å². The fourth-order valence-corrected chi connectivity index (χ4v) is 2.70. The number of amidine groups is 2. The van der Waals surface area contributed by atoms with Gasteiger partial charge in [-0.25, -0.2) is 0 Å². The minimum absolute atomic E-state index is 0.297. The van der Waals surface area contributed by atoms with Gasteiger partial charge >= 0.3 is 0 Å². The summed E-state index contributed by atoms with van der Waals surface area (Å²) >= 11 is 0. The van der Waals surface area contributed by atoms with Crippen LogP contribution < -0.4 is 5.32 Å². The first-order chi connectivity index (χ1) is 10.8. The Morgan fingerprint density at radius 1 is 1.05 bits per heavy atom. The van der Waals surface area contributed by atoms with E-state index in [1.807, 2.05) is 6.07 Å². The van der Waals surface area contributed by atoms with Crippen LogP contribution in [0.4, 0.5) is 0 Å². The summed E-state index contributed by atoms with van der Waals surface area (Å²) < 4.78 is 11.4. The van der Waals surface area contributed by atoms with Crippen molar-refractivity contribution in [3.8, 4) is 0 Å². The van der Waals surface area contributed by atoms with Gasteiger partial charge in [-0.15, -0.1) is 0 Å². The van der Waals surface area contributed by atoms with Gasteiger partial charge in [0.1, 0.15) is 11.7 Å². The summed E-state index contributed by atoms with van der Waals surface area (Å²) in [5.41, 5.74) is 3.22. The predicted molar refractivity (Wildman–Crippen MR) is 87.6 cm³/mol. The van der Waals surface area contributed by atoms with Crippen molar-refractivity contribution >= 4 is 11.7 Å². The molecule has 1 fully saturated rings. The first-order valence-corrected chi connectivity index (χ1v) is 8.08. The molecule has 1 aromatic carbocycles. The zero-order chi connectivity index (χ0) is 15.4. The molecule has 1 N–H and O–H groups in total. The summed E-state index contributed by atoms with van der Waals surface area (Å²) in [6.07, 6.45) is 1.74. The molecule has 0 spiro atoms. The standard InChI is InChI=1S/C17H23N3O2/c1-3-8-18-15-12-6-5-7-13(17-21-10-11-22-17)14(12)16(20-15)19-9-4-2/h5-7,17H,3-4,8-11H2,1-2H3,(H,18,19,20). The highest BCUT2D eigenvalue weighted by Crippen LogP contribution is 2.31. The molecule has 5 heteroatoms. The van der Waals surface area contributed by atoms with Gasteiger partial charge in [0.05, 0.1) is 13.2 Å². The summed E-state index contributed by atoms with van der Waals surface area (Å²) in [6.45, 7) is 7.14. The van der Waals surface area contributed by atoms with Crippen molar-refractivity contribution in [2.75, 3.05) is 26.3 Å². The Balaban J connectivity index is 2.04. The first kappa shape index (κ1) is 15.2. The van der Waals surface area contributed by atoms with Crippen LogP contribution in [0.5, 0.6) is 0 Å². The molecular formula is C17H23N3O2. The Morgan fingerprint density at radius 3 is 2.41 bits per heavy atom. The monoisotopic (exact) mass is 301 g/mol. The van der Waals surface area contributed by atoms with Crippen LogP contribution in [0.25, 0.3) is 0 Å². The van der Waals surface area contributed by atoms with E-state index < -0.39 is 0 Å². The lowest BCUT2D eigenvalue weighted by atomic mass is 10.0. The Morgan fingerprint density at radius 2 is 1.73 bits per heavy atom. The zero-order valence-corrected chi connectivity index (χ0v) is 13.3. The first-order valence-electron chi connectivity index (χ1n) is 8.08. The van der Waals surface area contributed by atoms with E-state index in [0.29, 0.717) is 13.2 Å². The van der Waals surface area contributed by atoms with E-state index >= 15 is 0 Å². The highest BCUT2D eigenvalue weighted by Gasteiger charge is 2.31. The van der Waals surface area contributed by atoms with Crippen LogP contribution in [0.3, 0.4) is 0 Å². The number of rotatable bonds is 5. The van der Waals surface area contributed by atoms with Crippen molar-refractivity contribution in [2.45, 2.75) is 33.0 Å². The van der Waals surface area contributed by atoms with Gasteiger partial charge in [-0.3, -0.25) is 9.98 Å². The molecule has 3 rings (SSSR count). The van der Waals surface area contributed by atoms with E-state index in [-0.39, 0.29) is 6.29 Å². The second-order valence-electron chi connectivity index (χ2n) is 5.43. The molecule has 1 saturated heterocycles. The van der Waals surface area contributed by atoms with Gasteiger partial charge in [-0.05, 0) is 12.8 Å². The van der Waals surface area contributed by atoms with Gasteiger partial charge in [-0.1, -0.05) is 32.0 Å². The van der Waals surface area contributed by atoms with E-state index in [1.54, 1.807) is 0 Å². The molecule has 0 aromatic heterocycles. The second-order valence-corrected chi connectivity index (χ2v) is 5.43. The van der Waals surface area contributed by atoms with E-state index in [9.17, 15) is 0 Å². The van der Waals surface area contributed by atoms with Crippen LogP contribution >= 0.6 is 0 Å². The van der Waals surface area contributed by atoms with Crippen LogP contribution in [0.1, 0.15) is 49.7 Å². The highest BCUT2D eigenvalue weighted by atomic mass is 16.7. The SMILES string of the molecule is CCCN=C1NC(=NCCC)c2c1cccc2C1OCCO1. The van der Waals surface area contributed by atoms with E-state index in [2.05, 4.69) is 41.3 Å². The molecule has 22 heavy (non-hydrogen) atoms. The maximum Gasteiger partial charge on any atom is 0.184 e. The summed E-state index contributed by atoms with van der Waals surface area (Å²) in [5.74, 6) is 1.80. The molecule has 118 valence electrons. The fourth-order valence-electron chi connectivity index (χ4n) is 2.70. The molecule has 0 saturated carbocycles. The highest BCUT2D eigenvalue weighted by molar-refractivity contribution is 6.26. The number of ether oxygens (including phenoxy) is 2. The maximum absolute atomic E-state index is 5.69. The van der Waals surface area contributed by atoms with Gasteiger partial charge < -0.3 is 14.8 Å². The number of fused-ring (bicyclic) bond motifs is 1. The molecule has 0 amide bonds. The molecule has 2 heterocycles. The number of nitrogens with zero attached hydrogens (tertiary/aromatic N) is 2. The van der Waals surface area contributed by atoms with Gasteiger partial charge in [0, 0.05) is 29.8 Å². The van der Waals surface area contributed by atoms with E-state index in [4.69, 9.17) is 9.47 Å². The number of hydrogen-bond donors (Lipinski definition) is 1. The molecule has 0 unspecified atom stereocenters. The average molecular weight is 301 g/mol. The van der Waals surface area contributed by atoms with Crippen molar-refractivity contribution in [3.63, 3.8) is 0 Å². The molecule has 2 aliphatic heterocycles. The summed E-state index contributed by atoms with van der Waals surface area (Å²) in [4.78, 5) is 9.34. The van der Waals surface area contributed by atoms with Crippen LogP contribution in [-0.4, -0.2) is 38.0 Å². The Labute approximate surface area is 131 Å². The molecule has 5 nitrogen and oxygen atoms in total. The van der Waals surface area contributed by atoms with Crippen LogP contribution in [0, 0.1) is 0 Å². The van der Waals surface area contributed by atoms with Crippen molar-refractivity contribution < 1.29 is 9.47 Å². The summed E-state index contributed by atoms with van der Waals surface area (Å²) in [7, 11) is 0. The topological polar surface area (TPSA) is 55.2 Å². The predicted octanol–water partition coefficient (Wildman–Crippen LogP) is 2.65. The maximum atomic E-state index is 5.69. The molecular weight excluding hydrogens is 278 g/mol. The largest absolute Gasteiger partial charge is 0.346 e. The van der Waals surface area contributed by atoms with Crippen molar-refractivity contribution in [2.24, 2.45) is 9.98 Å². The number of nitrogens with one attached hydrogen (secondary N) is 1. The molecule has 0 aliphatic carbocycles. The van der Waals surface area contributed by atoms with Crippen LogP contribution in [0.15, 0.2) is 28.2 Å². The smallest absolute Gasteiger partial charge is 0.184 e. The third kappa shape index (κ3) is 2.91. The van der Waals surface area contributed by atoms with Crippen molar-refractivity contribution in [1.82, 2.24) is 5.32 Å². The van der Waals surface area contributed by atoms with Crippen LogP contribution in [0.2, 0.25) is 0 Å². The molecule has 2 aliphatic rings. The molecule has 0 bridgehead atoms. The van der Waals surface area contributed by atoms with Crippen LogP contribution in [-0.2, 0) is 9.47 Å². The fraction of sp³-hybridized carbons (Fsp3) is 0.529. The van der Waals surface area contributed by atoms with Gasteiger partial charge in [0.25, 0.3) is 0 Å². The van der Waals surface area contributed by atoms with Crippen molar-refractivity contribution in [1.29, 1.82) is 0 Å². The lowest BCUT2D eigenvalue weighted by molar-refractivity contribution is -0.0442. The minimum atomic E-state index is -0.297. The Bertz CT molecular complexity index is 590. The molecule has 0 atom stereocenters. The third-order valence-electron chi connectivity index (χ3n) is 3.69. The molecule has 0 radical (unpaired) electrons.